The summed E-state index contributed by atoms with van der Waals surface area (Å²) >= 11 is 0. The third-order valence-corrected chi connectivity index (χ3v) is 3.37. The van der Waals surface area contributed by atoms with Crippen LogP contribution in [-0.2, 0) is 6.42 Å². The Morgan fingerprint density at radius 1 is 1.14 bits per heavy atom. The molecule has 0 atom stereocenters. The number of halogens is 1. The van der Waals surface area contributed by atoms with E-state index in [0.717, 1.165) is 11.3 Å². The Morgan fingerprint density at radius 2 is 1.95 bits per heavy atom. The Kier molecular flexibility index (Phi) is 2.81. The highest BCUT2D eigenvalue weighted by Crippen LogP contribution is 2.31. The Balaban J connectivity index is 1.67. The van der Waals surface area contributed by atoms with E-state index >= 15 is 0 Å². The van der Waals surface area contributed by atoms with Crippen molar-refractivity contribution in [3.05, 3.63) is 35.7 Å². The zero-order valence-corrected chi connectivity index (χ0v) is 11.5. The topological polar surface area (TPSA) is 98.9 Å². The lowest BCUT2D eigenvalue weighted by atomic mass is 10.1. The van der Waals surface area contributed by atoms with Crippen molar-refractivity contribution in [1.29, 1.82) is 0 Å². The molecule has 0 unspecified atom stereocenters. The van der Waals surface area contributed by atoms with Crippen molar-refractivity contribution < 1.29 is 13.9 Å². The van der Waals surface area contributed by atoms with Crippen LogP contribution in [-0.4, -0.2) is 33.1 Å². The van der Waals surface area contributed by atoms with Gasteiger partial charge in [-0.3, -0.25) is 0 Å². The van der Waals surface area contributed by atoms with E-state index in [1.165, 1.54) is 0 Å². The van der Waals surface area contributed by atoms with E-state index in [1.807, 2.05) is 18.2 Å². The molecule has 22 heavy (non-hydrogen) atoms. The first-order valence-corrected chi connectivity index (χ1v) is 6.75. The van der Waals surface area contributed by atoms with Gasteiger partial charge in [-0.15, -0.1) is 0 Å². The van der Waals surface area contributed by atoms with E-state index in [2.05, 4.69) is 19.9 Å². The number of hydrogen-bond donors (Lipinski definition) is 2. The molecule has 0 fully saturated rings. The number of rotatable bonds is 2. The van der Waals surface area contributed by atoms with Crippen molar-refractivity contribution in [2.24, 2.45) is 0 Å². The van der Waals surface area contributed by atoms with Crippen molar-refractivity contribution >= 4 is 17.0 Å². The van der Waals surface area contributed by atoms with Crippen LogP contribution in [0.3, 0.4) is 0 Å². The fourth-order valence-electron chi connectivity index (χ4n) is 2.42. The van der Waals surface area contributed by atoms with E-state index in [1.54, 1.807) is 0 Å². The molecule has 4 rings (SSSR count). The summed E-state index contributed by atoms with van der Waals surface area (Å²) in [5.74, 6) is 2.09. The molecule has 2 aromatic heterocycles. The Hall–Kier alpha value is -2.90. The smallest absolute Gasteiger partial charge is 0.312 e. The van der Waals surface area contributed by atoms with Crippen LogP contribution in [0.5, 0.6) is 11.5 Å². The summed E-state index contributed by atoms with van der Waals surface area (Å²) in [6.45, 7) is 1.09. The number of hydrogen-bond acceptors (Lipinski definition) is 6. The minimum Gasteiger partial charge on any atom is -0.486 e. The minimum atomic E-state index is -0.875. The van der Waals surface area contributed by atoms with Gasteiger partial charge >= 0.3 is 6.08 Å². The third kappa shape index (κ3) is 2.18. The largest absolute Gasteiger partial charge is 0.486 e. The standard InChI is InChI=1S/C14H12FN5O2/c15-14-19-12(16)11-13(20-14)18-10(17-11)6-7-1-2-8-9(5-7)22-4-3-21-8/h1-2,5H,3-4,6H2,(H3,16,17,18,19,20). The van der Waals surface area contributed by atoms with Gasteiger partial charge in [0.15, 0.2) is 28.5 Å². The normalized spacial score (nSPS) is 13.5. The first-order chi connectivity index (χ1) is 10.7. The molecule has 3 N–H and O–H groups in total. The second-order valence-electron chi connectivity index (χ2n) is 4.91. The number of fused-ring (bicyclic) bond motifs is 2. The van der Waals surface area contributed by atoms with Gasteiger partial charge in [0, 0.05) is 6.42 Å². The summed E-state index contributed by atoms with van der Waals surface area (Å²) in [5, 5.41) is 0. The van der Waals surface area contributed by atoms with Gasteiger partial charge < -0.3 is 20.2 Å². The maximum Gasteiger partial charge on any atom is 0.312 e. The molecule has 112 valence electrons. The second kappa shape index (κ2) is 4.83. The number of aromatic amines is 1. The van der Waals surface area contributed by atoms with Gasteiger partial charge in [-0.2, -0.15) is 14.4 Å². The highest BCUT2D eigenvalue weighted by molar-refractivity contribution is 5.81. The summed E-state index contributed by atoms with van der Waals surface area (Å²) < 4.78 is 24.2. The molecule has 0 saturated heterocycles. The maximum atomic E-state index is 13.1. The van der Waals surface area contributed by atoms with E-state index in [0.29, 0.717) is 36.7 Å². The molecule has 1 aliphatic rings. The van der Waals surface area contributed by atoms with Crippen molar-refractivity contribution in [3.8, 4) is 11.5 Å². The third-order valence-electron chi connectivity index (χ3n) is 3.37. The van der Waals surface area contributed by atoms with Crippen LogP contribution >= 0.6 is 0 Å². The van der Waals surface area contributed by atoms with Crippen LogP contribution < -0.4 is 15.2 Å². The zero-order chi connectivity index (χ0) is 15.1. The lowest BCUT2D eigenvalue weighted by Crippen LogP contribution is -2.15. The molecule has 0 spiro atoms. The van der Waals surface area contributed by atoms with Crippen molar-refractivity contribution in [3.63, 3.8) is 0 Å². The number of ether oxygens (including phenoxy) is 2. The predicted octanol–water partition coefficient (Wildman–Crippen LogP) is 1.44. The van der Waals surface area contributed by atoms with Crippen molar-refractivity contribution in [2.45, 2.75) is 6.42 Å². The summed E-state index contributed by atoms with van der Waals surface area (Å²) in [6.07, 6.45) is -0.367. The first-order valence-electron chi connectivity index (χ1n) is 6.75. The molecule has 0 radical (unpaired) electrons. The van der Waals surface area contributed by atoms with Crippen LogP contribution in [0.1, 0.15) is 11.4 Å². The molecule has 7 nitrogen and oxygen atoms in total. The molecule has 0 amide bonds. The van der Waals surface area contributed by atoms with E-state index in [-0.39, 0.29) is 11.5 Å². The van der Waals surface area contributed by atoms with Crippen molar-refractivity contribution in [1.82, 2.24) is 19.9 Å². The molecule has 0 aliphatic carbocycles. The monoisotopic (exact) mass is 301 g/mol. The summed E-state index contributed by atoms with van der Waals surface area (Å²) in [4.78, 5) is 14.4. The van der Waals surface area contributed by atoms with E-state index in [9.17, 15) is 4.39 Å². The minimum absolute atomic E-state index is 0.0205. The molecule has 3 heterocycles. The Morgan fingerprint density at radius 3 is 2.82 bits per heavy atom. The Bertz CT molecular complexity index is 864. The lowest BCUT2D eigenvalue weighted by Gasteiger charge is -2.18. The van der Waals surface area contributed by atoms with Gasteiger partial charge in [-0.05, 0) is 17.7 Å². The number of aromatic nitrogens is 4. The van der Waals surface area contributed by atoms with Crippen LogP contribution in [0, 0.1) is 6.08 Å². The SMILES string of the molecule is Nc1nc(F)nc2[nH]c(Cc3ccc4c(c3)OCCO4)nc12. The average molecular weight is 301 g/mol. The predicted molar refractivity (Wildman–Crippen MR) is 76.3 cm³/mol. The molecule has 1 aliphatic heterocycles. The number of nitrogens with one attached hydrogen (secondary N) is 1. The Labute approximate surface area is 124 Å². The van der Waals surface area contributed by atoms with Crippen LogP contribution in [0.15, 0.2) is 18.2 Å². The summed E-state index contributed by atoms with van der Waals surface area (Å²) in [6, 6.07) is 5.69. The number of nitrogens with zero attached hydrogens (tertiary/aromatic N) is 3. The van der Waals surface area contributed by atoms with Gasteiger partial charge in [-0.1, -0.05) is 6.07 Å². The molecule has 1 aromatic carbocycles. The molecule has 8 heteroatoms. The fourth-order valence-corrected chi connectivity index (χ4v) is 2.42. The quantitative estimate of drug-likeness (QED) is 0.695. The van der Waals surface area contributed by atoms with Crippen molar-refractivity contribution in [2.75, 3.05) is 18.9 Å². The summed E-state index contributed by atoms with van der Waals surface area (Å²) in [5.41, 5.74) is 7.29. The van der Waals surface area contributed by atoms with Crippen LogP contribution in [0.2, 0.25) is 0 Å². The lowest BCUT2D eigenvalue weighted by molar-refractivity contribution is 0.171. The van der Waals surface area contributed by atoms with Crippen LogP contribution in [0.25, 0.3) is 11.2 Å². The number of benzene rings is 1. The number of nitrogen functional groups attached to an aromatic ring is 1. The maximum absolute atomic E-state index is 13.1. The number of nitrogens with two attached hydrogens (primary N) is 1. The van der Waals surface area contributed by atoms with Crippen LogP contribution in [0.4, 0.5) is 10.2 Å². The number of imidazole rings is 1. The van der Waals surface area contributed by atoms with Gasteiger partial charge in [0.1, 0.15) is 19.0 Å². The van der Waals surface area contributed by atoms with Gasteiger partial charge in [0.2, 0.25) is 0 Å². The average Bonchev–Trinajstić information content (AvgIpc) is 2.90. The van der Waals surface area contributed by atoms with Gasteiger partial charge in [0.05, 0.1) is 0 Å². The summed E-state index contributed by atoms with van der Waals surface area (Å²) in [7, 11) is 0. The molecule has 0 saturated carbocycles. The molecule has 0 bridgehead atoms. The number of H-pyrrole nitrogens is 1. The highest BCUT2D eigenvalue weighted by Gasteiger charge is 2.14. The van der Waals surface area contributed by atoms with E-state index in [4.69, 9.17) is 15.2 Å². The zero-order valence-electron chi connectivity index (χ0n) is 11.5. The molecular weight excluding hydrogens is 289 g/mol. The second-order valence-corrected chi connectivity index (χ2v) is 4.91. The molecular formula is C14H12FN5O2. The molecule has 3 aromatic rings. The first kappa shape index (κ1) is 12.8. The number of anilines is 1. The van der Waals surface area contributed by atoms with Gasteiger partial charge in [0.25, 0.3) is 0 Å². The van der Waals surface area contributed by atoms with E-state index < -0.39 is 6.08 Å². The van der Waals surface area contributed by atoms with Gasteiger partial charge in [-0.25, -0.2) is 4.98 Å². The fraction of sp³-hybridized carbons (Fsp3) is 0.214. The highest BCUT2D eigenvalue weighted by atomic mass is 19.1.